The van der Waals surface area contributed by atoms with Gasteiger partial charge in [0, 0.05) is 13.3 Å². The molecule has 1 heterocycles. The van der Waals surface area contributed by atoms with Crippen LogP contribution in [-0.2, 0) is 14.3 Å². The van der Waals surface area contributed by atoms with Crippen LogP contribution in [0.1, 0.15) is 20.3 Å². The van der Waals surface area contributed by atoms with Crippen molar-refractivity contribution in [3.63, 3.8) is 0 Å². The predicted octanol–water partition coefficient (Wildman–Crippen LogP) is 1.43. The third-order valence-corrected chi connectivity index (χ3v) is 1.90. The van der Waals surface area contributed by atoms with Gasteiger partial charge in [-0.2, -0.15) is 0 Å². The molecule has 74 valence electrons. The Kier molecular flexibility index (Phi) is 3.66. The number of esters is 1. The molecule has 0 aliphatic carbocycles. The molecule has 3 nitrogen and oxygen atoms in total. The number of rotatable bonds is 3. The first-order valence-corrected chi connectivity index (χ1v) is 4.28. The van der Waals surface area contributed by atoms with Crippen LogP contribution in [0.3, 0.4) is 0 Å². The predicted molar refractivity (Wildman–Crippen MR) is 44.2 cm³/mol. The van der Waals surface area contributed by atoms with Crippen molar-refractivity contribution in [1.29, 1.82) is 0 Å². The van der Waals surface area contributed by atoms with E-state index in [2.05, 4.69) is 0 Å². The standard InChI is InChI=1S/C9H13FO3/c1-3-8(13-6(2)11)9-7(10)4-5-12-9/h4-5,7-9H,3H2,1-2H3. The Morgan fingerprint density at radius 1 is 1.77 bits per heavy atom. The normalized spacial score (nSPS) is 30.1. The number of hydrogen-bond acceptors (Lipinski definition) is 3. The number of alkyl halides is 1. The van der Waals surface area contributed by atoms with Crippen LogP contribution in [0.4, 0.5) is 4.39 Å². The summed E-state index contributed by atoms with van der Waals surface area (Å²) >= 11 is 0. The van der Waals surface area contributed by atoms with Gasteiger partial charge in [-0.05, 0) is 6.42 Å². The molecule has 4 heteroatoms. The van der Waals surface area contributed by atoms with Crippen molar-refractivity contribution in [3.05, 3.63) is 13.0 Å². The molecule has 0 aromatic rings. The van der Waals surface area contributed by atoms with E-state index in [1.165, 1.54) is 20.0 Å². The summed E-state index contributed by atoms with van der Waals surface area (Å²) in [7, 11) is 0. The summed E-state index contributed by atoms with van der Waals surface area (Å²) < 4.78 is 23.0. The first-order chi connectivity index (χ1) is 6.15. The van der Waals surface area contributed by atoms with E-state index in [1.54, 1.807) is 0 Å². The monoisotopic (exact) mass is 188 g/mol. The zero-order chi connectivity index (χ0) is 9.84. The van der Waals surface area contributed by atoms with E-state index < -0.39 is 24.3 Å². The Labute approximate surface area is 77.2 Å². The highest BCUT2D eigenvalue weighted by molar-refractivity contribution is 5.66. The molecular weight excluding hydrogens is 175 g/mol. The minimum absolute atomic E-state index is 0.408. The number of halogens is 1. The molecule has 0 amide bonds. The van der Waals surface area contributed by atoms with Crippen LogP contribution in [0.2, 0.25) is 0 Å². The van der Waals surface area contributed by atoms with E-state index in [9.17, 15) is 9.18 Å². The van der Waals surface area contributed by atoms with Gasteiger partial charge in [-0.3, -0.25) is 4.79 Å². The number of carbonyl (C=O) groups is 1. The van der Waals surface area contributed by atoms with Crippen LogP contribution in [0, 0.1) is 13.0 Å². The highest BCUT2D eigenvalue weighted by Crippen LogP contribution is 2.25. The van der Waals surface area contributed by atoms with Crippen LogP contribution < -0.4 is 0 Å². The van der Waals surface area contributed by atoms with Gasteiger partial charge in [-0.1, -0.05) is 6.92 Å². The summed E-state index contributed by atoms with van der Waals surface area (Å²) in [5.74, 6) is -0.408. The Hall–Kier alpha value is -0.640. The Morgan fingerprint density at radius 3 is 2.85 bits per heavy atom. The van der Waals surface area contributed by atoms with Crippen molar-refractivity contribution >= 4 is 5.97 Å². The summed E-state index contributed by atoms with van der Waals surface area (Å²) in [4.78, 5) is 10.7. The third-order valence-electron chi connectivity index (χ3n) is 1.90. The minimum atomic E-state index is -1.18. The molecule has 3 atom stereocenters. The average Bonchev–Trinajstić information content (AvgIpc) is 2.47. The quantitative estimate of drug-likeness (QED) is 0.628. The lowest BCUT2D eigenvalue weighted by Crippen LogP contribution is -2.35. The van der Waals surface area contributed by atoms with E-state index in [4.69, 9.17) is 9.47 Å². The second-order valence-electron chi connectivity index (χ2n) is 2.93. The Morgan fingerprint density at radius 2 is 2.46 bits per heavy atom. The molecule has 1 aliphatic rings. The molecule has 1 fully saturated rings. The van der Waals surface area contributed by atoms with E-state index in [1.807, 2.05) is 6.92 Å². The SMILES string of the molecule is CCC(OC(C)=O)C1O[CH][CH]C1F. The van der Waals surface area contributed by atoms with Gasteiger partial charge in [0.25, 0.3) is 0 Å². The molecule has 0 saturated carbocycles. The Bertz CT molecular complexity index is 184. The Balaban J connectivity index is 2.49. The average molecular weight is 188 g/mol. The molecule has 13 heavy (non-hydrogen) atoms. The molecule has 0 aromatic carbocycles. The van der Waals surface area contributed by atoms with Crippen molar-refractivity contribution in [1.82, 2.24) is 0 Å². The van der Waals surface area contributed by atoms with Gasteiger partial charge in [0.05, 0.1) is 6.61 Å². The summed E-state index contributed by atoms with van der Waals surface area (Å²) in [5.41, 5.74) is 0. The minimum Gasteiger partial charge on any atom is -0.460 e. The molecule has 0 spiro atoms. The molecule has 0 N–H and O–H groups in total. The second-order valence-corrected chi connectivity index (χ2v) is 2.93. The largest absolute Gasteiger partial charge is 0.460 e. The fourth-order valence-electron chi connectivity index (χ4n) is 1.28. The van der Waals surface area contributed by atoms with Crippen LogP contribution in [0.15, 0.2) is 0 Å². The lowest BCUT2D eigenvalue weighted by atomic mass is 10.1. The number of ether oxygens (including phenoxy) is 2. The fourth-order valence-corrected chi connectivity index (χ4v) is 1.28. The van der Waals surface area contributed by atoms with Crippen LogP contribution in [0.5, 0.6) is 0 Å². The van der Waals surface area contributed by atoms with Gasteiger partial charge in [0.2, 0.25) is 0 Å². The molecule has 1 rings (SSSR count). The topological polar surface area (TPSA) is 35.5 Å². The van der Waals surface area contributed by atoms with Crippen LogP contribution in [-0.4, -0.2) is 24.3 Å². The zero-order valence-electron chi connectivity index (χ0n) is 7.70. The summed E-state index contributed by atoms with van der Waals surface area (Å²) in [6.07, 6.45) is -0.482. The molecule has 2 radical (unpaired) electrons. The van der Waals surface area contributed by atoms with Crippen LogP contribution in [0.25, 0.3) is 0 Å². The van der Waals surface area contributed by atoms with Crippen molar-refractivity contribution in [2.24, 2.45) is 0 Å². The second kappa shape index (κ2) is 4.56. The van der Waals surface area contributed by atoms with Crippen molar-refractivity contribution in [2.45, 2.75) is 38.6 Å². The maximum atomic E-state index is 13.1. The number of hydrogen-bond donors (Lipinski definition) is 0. The fraction of sp³-hybridized carbons (Fsp3) is 0.667. The lowest BCUT2D eigenvalue weighted by molar-refractivity contribution is -0.153. The van der Waals surface area contributed by atoms with Gasteiger partial charge in [0.1, 0.15) is 18.4 Å². The number of carbonyl (C=O) groups excluding carboxylic acids is 1. The molecule has 1 aliphatic heterocycles. The van der Waals surface area contributed by atoms with Gasteiger partial charge in [-0.25, -0.2) is 4.39 Å². The molecular formula is C9H13FO3. The first-order valence-electron chi connectivity index (χ1n) is 4.28. The van der Waals surface area contributed by atoms with Gasteiger partial charge in [0.15, 0.2) is 0 Å². The molecule has 0 aromatic heterocycles. The van der Waals surface area contributed by atoms with Gasteiger partial charge >= 0.3 is 5.97 Å². The van der Waals surface area contributed by atoms with Gasteiger partial charge in [-0.15, -0.1) is 0 Å². The van der Waals surface area contributed by atoms with Crippen molar-refractivity contribution < 1.29 is 18.7 Å². The highest BCUT2D eigenvalue weighted by atomic mass is 19.1. The first kappa shape index (κ1) is 10.4. The van der Waals surface area contributed by atoms with E-state index >= 15 is 0 Å². The zero-order valence-corrected chi connectivity index (χ0v) is 7.70. The molecule has 0 bridgehead atoms. The molecule has 1 saturated heterocycles. The van der Waals surface area contributed by atoms with Gasteiger partial charge < -0.3 is 9.47 Å². The lowest BCUT2D eigenvalue weighted by Gasteiger charge is -2.22. The maximum Gasteiger partial charge on any atom is 0.302 e. The smallest absolute Gasteiger partial charge is 0.302 e. The van der Waals surface area contributed by atoms with Crippen molar-refractivity contribution in [2.75, 3.05) is 0 Å². The summed E-state index contributed by atoms with van der Waals surface area (Å²) in [5, 5.41) is 0. The highest BCUT2D eigenvalue weighted by Gasteiger charge is 2.36. The third kappa shape index (κ3) is 2.66. The van der Waals surface area contributed by atoms with E-state index in [-0.39, 0.29) is 0 Å². The van der Waals surface area contributed by atoms with E-state index in [0.717, 1.165) is 0 Å². The maximum absolute atomic E-state index is 13.1. The van der Waals surface area contributed by atoms with Crippen molar-refractivity contribution in [3.8, 4) is 0 Å². The van der Waals surface area contributed by atoms with Crippen LogP contribution >= 0.6 is 0 Å². The summed E-state index contributed by atoms with van der Waals surface area (Å²) in [6.45, 7) is 4.43. The molecule has 3 unspecified atom stereocenters. The van der Waals surface area contributed by atoms with E-state index in [0.29, 0.717) is 6.42 Å². The summed E-state index contributed by atoms with van der Waals surface area (Å²) in [6, 6.07) is 0.